The first-order valence-electron chi connectivity index (χ1n) is 6.39. The van der Waals surface area contributed by atoms with Crippen LogP contribution in [0, 0.1) is 0 Å². The minimum absolute atomic E-state index is 0.0227. The Labute approximate surface area is 123 Å². The predicted molar refractivity (Wildman–Crippen MR) is 79.6 cm³/mol. The first-order valence-corrected chi connectivity index (χ1v) is 7.19. The first kappa shape index (κ1) is 16.4. The van der Waals surface area contributed by atoms with E-state index in [1.165, 1.54) is 0 Å². The second-order valence-electron chi connectivity index (χ2n) is 4.29. The van der Waals surface area contributed by atoms with Crippen molar-refractivity contribution in [1.29, 1.82) is 0 Å². The Bertz CT molecular complexity index is 372. The lowest BCUT2D eigenvalue weighted by Crippen LogP contribution is -2.09. The van der Waals surface area contributed by atoms with Crippen LogP contribution in [-0.4, -0.2) is 33.5 Å². The van der Waals surface area contributed by atoms with E-state index in [4.69, 9.17) is 19.9 Å². The van der Waals surface area contributed by atoms with E-state index in [2.05, 4.69) is 15.9 Å². The zero-order valence-electron chi connectivity index (χ0n) is 11.5. The molecule has 4 nitrogen and oxygen atoms in total. The normalized spacial score (nSPS) is 12.4. The molecule has 108 valence electrons. The molecule has 1 aromatic carbocycles. The summed E-state index contributed by atoms with van der Waals surface area (Å²) in [6.07, 6.45) is 0.906. The molecule has 0 heterocycles. The molecule has 0 fully saturated rings. The molecular weight excluding hydrogens is 310 g/mol. The highest BCUT2D eigenvalue weighted by Gasteiger charge is 2.05. The number of benzene rings is 1. The standard InChI is InChI=1S/C14H22BrNO3/c1-11(16)12-4-5-14(13(15)10-12)19-9-8-18-7-3-6-17-2/h4-5,10-11H,3,6-9,16H2,1-2H3/t11-/m0/s1. The fraction of sp³-hybridized carbons (Fsp3) is 0.571. The summed E-state index contributed by atoms with van der Waals surface area (Å²) < 4.78 is 16.9. The van der Waals surface area contributed by atoms with Gasteiger partial charge in [0.1, 0.15) is 12.4 Å². The minimum Gasteiger partial charge on any atom is -0.490 e. The second-order valence-corrected chi connectivity index (χ2v) is 5.14. The fourth-order valence-corrected chi connectivity index (χ4v) is 2.05. The third-order valence-corrected chi connectivity index (χ3v) is 3.22. The summed E-state index contributed by atoms with van der Waals surface area (Å²) in [6.45, 7) is 4.48. The van der Waals surface area contributed by atoms with Crippen LogP contribution in [0.5, 0.6) is 5.75 Å². The Morgan fingerprint density at radius 3 is 2.63 bits per heavy atom. The highest BCUT2D eigenvalue weighted by Crippen LogP contribution is 2.27. The maximum atomic E-state index is 5.82. The average molecular weight is 332 g/mol. The summed E-state index contributed by atoms with van der Waals surface area (Å²) in [7, 11) is 1.69. The van der Waals surface area contributed by atoms with E-state index in [-0.39, 0.29) is 6.04 Å². The van der Waals surface area contributed by atoms with E-state index in [0.29, 0.717) is 19.8 Å². The van der Waals surface area contributed by atoms with E-state index >= 15 is 0 Å². The molecule has 0 saturated heterocycles. The highest BCUT2D eigenvalue weighted by molar-refractivity contribution is 9.10. The largest absolute Gasteiger partial charge is 0.490 e. The quantitative estimate of drug-likeness (QED) is 0.707. The molecule has 0 amide bonds. The zero-order chi connectivity index (χ0) is 14.1. The number of rotatable bonds is 9. The molecule has 1 aromatic rings. The van der Waals surface area contributed by atoms with E-state index in [1.807, 2.05) is 25.1 Å². The number of ether oxygens (including phenoxy) is 3. The zero-order valence-corrected chi connectivity index (χ0v) is 13.1. The van der Waals surface area contributed by atoms with Gasteiger partial charge in [0, 0.05) is 26.4 Å². The minimum atomic E-state index is 0.0227. The van der Waals surface area contributed by atoms with Crippen LogP contribution >= 0.6 is 15.9 Å². The van der Waals surface area contributed by atoms with Crippen molar-refractivity contribution in [3.8, 4) is 5.75 Å². The maximum Gasteiger partial charge on any atom is 0.133 e. The van der Waals surface area contributed by atoms with Gasteiger partial charge < -0.3 is 19.9 Å². The molecule has 2 N–H and O–H groups in total. The van der Waals surface area contributed by atoms with Gasteiger partial charge in [-0.15, -0.1) is 0 Å². The Morgan fingerprint density at radius 1 is 1.21 bits per heavy atom. The van der Waals surface area contributed by atoms with Gasteiger partial charge in [-0.1, -0.05) is 6.07 Å². The number of hydrogen-bond donors (Lipinski definition) is 1. The molecule has 0 bridgehead atoms. The van der Waals surface area contributed by atoms with Gasteiger partial charge >= 0.3 is 0 Å². The lowest BCUT2D eigenvalue weighted by Gasteiger charge is -2.11. The summed E-state index contributed by atoms with van der Waals surface area (Å²) in [5, 5.41) is 0. The van der Waals surface area contributed by atoms with Crippen molar-refractivity contribution < 1.29 is 14.2 Å². The SMILES string of the molecule is COCCCOCCOc1ccc([C@H](C)N)cc1Br. The smallest absolute Gasteiger partial charge is 0.133 e. The van der Waals surface area contributed by atoms with Gasteiger partial charge in [0.05, 0.1) is 11.1 Å². The lowest BCUT2D eigenvalue weighted by atomic mass is 10.1. The molecule has 5 heteroatoms. The van der Waals surface area contributed by atoms with Gasteiger partial charge in [0.25, 0.3) is 0 Å². The predicted octanol–water partition coefficient (Wildman–Crippen LogP) is 2.90. The van der Waals surface area contributed by atoms with Crippen molar-refractivity contribution in [3.63, 3.8) is 0 Å². The van der Waals surface area contributed by atoms with Gasteiger partial charge in [0.2, 0.25) is 0 Å². The summed E-state index contributed by atoms with van der Waals surface area (Å²) in [5.74, 6) is 0.810. The van der Waals surface area contributed by atoms with Crippen LogP contribution in [0.4, 0.5) is 0 Å². The van der Waals surface area contributed by atoms with Crippen LogP contribution in [0.1, 0.15) is 24.9 Å². The Balaban J connectivity index is 2.26. The van der Waals surface area contributed by atoms with E-state index in [9.17, 15) is 0 Å². The monoisotopic (exact) mass is 331 g/mol. The van der Waals surface area contributed by atoms with Gasteiger partial charge in [-0.05, 0) is 47.0 Å². The molecule has 1 atom stereocenters. The molecule has 0 unspecified atom stereocenters. The second kappa shape index (κ2) is 9.31. The lowest BCUT2D eigenvalue weighted by molar-refractivity contribution is 0.0805. The van der Waals surface area contributed by atoms with Gasteiger partial charge in [-0.2, -0.15) is 0 Å². The van der Waals surface area contributed by atoms with Crippen molar-refractivity contribution in [2.24, 2.45) is 5.73 Å². The molecule has 0 aromatic heterocycles. The van der Waals surface area contributed by atoms with Gasteiger partial charge in [-0.25, -0.2) is 0 Å². The molecule has 0 spiro atoms. The summed E-state index contributed by atoms with van der Waals surface area (Å²) in [6, 6.07) is 5.91. The van der Waals surface area contributed by atoms with Crippen LogP contribution < -0.4 is 10.5 Å². The third kappa shape index (κ3) is 6.38. The summed E-state index contributed by atoms with van der Waals surface area (Å²) in [5.41, 5.74) is 6.90. The maximum absolute atomic E-state index is 5.82. The van der Waals surface area contributed by atoms with Crippen molar-refractivity contribution in [1.82, 2.24) is 0 Å². The highest BCUT2D eigenvalue weighted by atomic mass is 79.9. The van der Waals surface area contributed by atoms with Gasteiger partial charge in [0.15, 0.2) is 0 Å². The molecular formula is C14H22BrNO3. The average Bonchev–Trinajstić information content (AvgIpc) is 2.39. The Hall–Kier alpha value is -0.620. The first-order chi connectivity index (χ1) is 9.15. The Kier molecular flexibility index (Phi) is 8.05. The number of methoxy groups -OCH3 is 1. The fourth-order valence-electron chi connectivity index (χ4n) is 1.54. The van der Waals surface area contributed by atoms with Crippen LogP contribution in [-0.2, 0) is 9.47 Å². The van der Waals surface area contributed by atoms with Gasteiger partial charge in [-0.3, -0.25) is 0 Å². The van der Waals surface area contributed by atoms with Crippen molar-refractivity contribution in [2.45, 2.75) is 19.4 Å². The van der Waals surface area contributed by atoms with E-state index in [1.54, 1.807) is 7.11 Å². The number of halogens is 1. The molecule has 0 saturated carbocycles. The molecule has 0 radical (unpaired) electrons. The van der Waals surface area contributed by atoms with Crippen LogP contribution in [0.25, 0.3) is 0 Å². The van der Waals surface area contributed by atoms with Crippen LogP contribution in [0.2, 0.25) is 0 Å². The molecule has 1 rings (SSSR count). The topological polar surface area (TPSA) is 53.7 Å². The third-order valence-electron chi connectivity index (χ3n) is 2.60. The number of hydrogen-bond acceptors (Lipinski definition) is 4. The molecule has 19 heavy (non-hydrogen) atoms. The summed E-state index contributed by atoms with van der Waals surface area (Å²) in [4.78, 5) is 0. The van der Waals surface area contributed by atoms with Crippen molar-refractivity contribution in [2.75, 3.05) is 33.5 Å². The Morgan fingerprint density at radius 2 is 2.00 bits per heavy atom. The van der Waals surface area contributed by atoms with Crippen LogP contribution in [0.15, 0.2) is 22.7 Å². The van der Waals surface area contributed by atoms with E-state index < -0.39 is 0 Å². The number of nitrogens with two attached hydrogens (primary N) is 1. The van der Waals surface area contributed by atoms with E-state index in [0.717, 1.165) is 28.8 Å². The molecule has 0 aliphatic heterocycles. The van der Waals surface area contributed by atoms with Crippen molar-refractivity contribution in [3.05, 3.63) is 28.2 Å². The van der Waals surface area contributed by atoms with Crippen molar-refractivity contribution >= 4 is 15.9 Å². The molecule has 0 aliphatic rings. The molecule has 0 aliphatic carbocycles. The summed E-state index contributed by atoms with van der Waals surface area (Å²) >= 11 is 3.48. The van der Waals surface area contributed by atoms with Crippen LogP contribution in [0.3, 0.4) is 0 Å².